The maximum Gasteiger partial charge on any atom is 0.255 e. The Morgan fingerprint density at radius 1 is 1.03 bits per heavy atom. The third kappa shape index (κ3) is 3.01. The molecular weight excluding hydrogens is 415 g/mol. The quantitative estimate of drug-likeness (QED) is 0.467. The normalized spacial score (nSPS) is 14.9. The van der Waals surface area contributed by atoms with Gasteiger partial charge in [0.15, 0.2) is 5.82 Å². The van der Waals surface area contributed by atoms with Crippen LogP contribution in [0.3, 0.4) is 0 Å². The van der Waals surface area contributed by atoms with Crippen molar-refractivity contribution in [2.24, 2.45) is 7.05 Å². The van der Waals surface area contributed by atoms with Gasteiger partial charge in [-0.3, -0.25) is 14.5 Å². The number of carbonyl (C=O) groups excluding carboxylic acids is 1. The molecular formula is C22H17B2F3N4O. The SMILES string of the molecule is BC1(B)c2ncccc2C(=O)N1Cc1c(F)cc(-c2cc(F)c3nn(C)cc3c2)cc1F. The van der Waals surface area contributed by atoms with Gasteiger partial charge in [-0.15, -0.1) is 0 Å². The summed E-state index contributed by atoms with van der Waals surface area (Å²) >= 11 is 0. The molecule has 0 aliphatic carbocycles. The predicted octanol–water partition coefficient (Wildman–Crippen LogP) is 2.09. The van der Waals surface area contributed by atoms with E-state index >= 15 is 8.78 Å². The van der Waals surface area contributed by atoms with Crippen molar-refractivity contribution in [2.75, 3.05) is 0 Å². The molecule has 0 N–H and O–H groups in total. The van der Waals surface area contributed by atoms with Gasteiger partial charge in [-0.05, 0) is 47.5 Å². The Labute approximate surface area is 183 Å². The molecule has 3 heterocycles. The van der Waals surface area contributed by atoms with Gasteiger partial charge in [0.05, 0.1) is 17.8 Å². The largest absolute Gasteiger partial charge is 0.339 e. The van der Waals surface area contributed by atoms with Crippen LogP contribution in [-0.4, -0.2) is 41.3 Å². The first-order chi connectivity index (χ1) is 15.2. The highest BCUT2D eigenvalue weighted by molar-refractivity contribution is 6.42. The number of hydrogen-bond donors (Lipinski definition) is 0. The van der Waals surface area contributed by atoms with Gasteiger partial charge >= 0.3 is 0 Å². The number of amides is 1. The molecule has 2 aromatic heterocycles. The first-order valence-corrected chi connectivity index (χ1v) is 10.1. The van der Waals surface area contributed by atoms with Gasteiger partial charge in [0.1, 0.15) is 32.8 Å². The lowest BCUT2D eigenvalue weighted by molar-refractivity contribution is 0.0727. The minimum atomic E-state index is -0.820. The summed E-state index contributed by atoms with van der Waals surface area (Å²) in [6.07, 6.45) is 3.22. The van der Waals surface area contributed by atoms with E-state index in [-0.39, 0.29) is 29.1 Å². The van der Waals surface area contributed by atoms with E-state index in [0.717, 1.165) is 12.1 Å². The fourth-order valence-electron chi connectivity index (χ4n) is 4.32. The van der Waals surface area contributed by atoms with Crippen molar-refractivity contribution in [3.05, 3.63) is 83.1 Å². The molecule has 0 bridgehead atoms. The fourth-order valence-corrected chi connectivity index (χ4v) is 4.32. The number of hydrogen-bond acceptors (Lipinski definition) is 3. The molecule has 1 aliphatic heterocycles. The van der Waals surface area contributed by atoms with Crippen LogP contribution in [0.25, 0.3) is 22.0 Å². The summed E-state index contributed by atoms with van der Waals surface area (Å²) in [4.78, 5) is 18.6. The van der Waals surface area contributed by atoms with Crippen molar-refractivity contribution >= 4 is 32.5 Å². The average molecular weight is 432 g/mol. The number of aromatic nitrogens is 3. The van der Waals surface area contributed by atoms with Gasteiger partial charge in [-0.1, -0.05) is 0 Å². The molecule has 2 aromatic carbocycles. The lowest BCUT2D eigenvalue weighted by Crippen LogP contribution is -2.45. The first kappa shape index (κ1) is 20.4. The highest BCUT2D eigenvalue weighted by Crippen LogP contribution is 2.36. The molecule has 0 radical (unpaired) electrons. The molecule has 0 saturated heterocycles. The van der Waals surface area contributed by atoms with Gasteiger partial charge in [0.25, 0.3) is 5.91 Å². The minimum Gasteiger partial charge on any atom is -0.339 e. The summed E-state index contributed by atoms with van der Waals surface area (Å²) in [6.45, 7) is -0.254. The second-order valence-electron chi connectivity index (χ2n) is 8.47. The number of nitrogens with zero attached hydrogens (tertiary/aromatic N) is 4. The van der Waals surface area contributed by atoms with Crippen molar-refractivity contribution in [3.63, 3.8) is 0 Å². The van der Waals surface area contributed by atoms with Gasteiger partial charge < -0.3 is 4.90 Å². The zero-order chi connectivity index (χ0) is 22.8. The lowest BCUT2D eigenvalue weighted by Gasteiger charge is -2.32. The van der Waals surface area contributed by atoms with Crippen LogP contribution in [0.15, 0.2) is 48.8 Å². The molecule has 0 unspecified atom stereocenters. The van der Waals surface area contributed by atoms with E-state index in [9.17, 15) is 9.18 Å². The van der Waals surface area contributed by atoms with Gasteiger partial charge in [0, 0.05) is 35.7 Å². The second-order valence-corrected chi connectivity index (χ2v) is 8.47. The van der Waals surface area contributed by atoms with E-state index < -0.39 is 22.8 Å². The van der Waals surface area contributed by atoms with E-state index in [1.807, 2.05) is 0 Å². The van der Waals surface area contributed by atoms with Crippen LogP contribution in [0, 0.1) is 17.5 Å². The van der Waals surface area contributed by atoms with Crippen molar-refractivity contribution in [1.29, 1.82) is 0 Å². The fraction of sp³-hybridized carbons (Fsp3) is 0.136. The minimum absolute atomic E-state index is 0.191. The van der Waals surface area contributed by atoms with Crippen LogP contribution in [-0.2, 0) is 18.9 Å². The molecule has 158 valence electrons. The third-order valence-corrected chi connectivity index (χ3v) is 6.00. The summed E-state index contributed by atoms with van der Waals surface area (Å²) in [5.41, 5.74) is 1.49. The molecule has 0 saturated carbocycles. The van der Waals surface area contributed by atoms with E-state index in [1.54, 1.807) is 53.3 Å². The Hall–Kier alpha value is -3.55. The number of pyridine rings is 1. The molecule has 4 aromatic rings. The monoisotopic (exact) mass is 432 g/mol. The van der Waals surface area contributed by atoms with Crippen molar-refractivity contribution in [2.45, 2.75) is 11.9 Å². The molecule has 5 rings (SSSR count). The van der Waals surface area contributed by atoms with Crippen LogP contribution in [0.1, 0.15) is 21.6 Å². The highest BCUT2D eigenvalue weighted by Gasteiger charge is 2.44. The van der Waals surface area contributed by atoms with E-state index in [0.29, 0.717) is 22.2 Å². The van der Waals surface area contributed by atoms with Gasteiger partial charge in [-0.2, -0.15) is 5.10 Å². The van der Waals surface area contributed by atoms with Crippen molar-refractivity contribution in [3.8, 4) is 11.1 Å². The lowest BCUT2D eigenvalue weighted by atomic mass is 9.59. The third-order valence-electron chi connectivity index (χ3n) is 6.00. The highest BCUT2D eigenvalue weighted by atomic mass is 19.1. The zero-order valence-electron chi connectivity index (χ0n) is 17.7. The summed E-state index contributed by atoms with van der Waals surface area (Å²) in [6, 6.07) is 8.48. The Bertz CT molecular complexity index is 1400. The van der Waals surface area contributed by atoms with Crippen molar-refractivity contribution in [1.82, 2.24) is 19.7 Å². The second kappa shape index (κ2) is 6.98. The standard InChI is InChI=1S/C22H17B2F3N4O/c1-30-9-13-5-11(8-18(27)19(13)29-30)12-6-16(25)15(17(26)7-12)10-31-21(32)14-3-2-4-28-20(14)22(31,23)24/h2-9H,10,23-24H2,1H3. The van der Waals surface area contributed by atoms with Crippen LogP contribution >= 0.6 is 0 Å². The number of benzene rings is 2. The maximum absolute atomic E-state index is 15.1. The Balaban J connectivity index is 1.53. The smallest absolute Gasteiger partial charge is 0.255 e. The predicted molar refractivity (Wildman–Crippen MR) is 119 cm³/mol. The topological polar surface area (TPSA) is 51.0 Å². The van der Waals surface area contributed by atoms with Gasteiger partial charge in [-0.25, -0.2) is 13.2 Å². The maximum atomic E-state index is 15.1. The van der Waals surface area contributed by atoms with Crippen LogP contribution in [0.2, 0.25) is 0 Å². The van der Waals surface area contributed by atoms with Crippen LogP contribution in [0.5, 0.6) is 0 Å². The molecule has 1 aliphatic rings. The Morgan fingerprint density at radius 2 is 1.69 bits per heavy atom. The number of halogens is 3. The van der Waals surface area contributed by atoms with Gasteiger partial charge in [0.2, 0.25) is 0 Å². The Kier molecular flexibility index (Phi) is 4.44. The van der Waals surface area contributed by atoms with Crippen LogP contribution in [0.4, 0.5) is 13.2 Å². The van der Waals surface area contributed by atoms with E-state index in [1.165, 1.54) is 15.6 Å². The zero-order valence-corrected chi connectivity index (χ0v) is 17.7. The van der Waals surface area contributed by atoms with E-state index in [4.69, 9.17) is 0 Å². The summed E-state index contributed by atoms with van der Waals surface area (Å²) in [5, 5.41) is 3.75. The summed E-state index contributed by atoms with van der Waals surface area (Å²) < 4.78 is 46.1. The number of aryl methyl sites for hydroxylation is 1. The van der Waals surface area contributed by atoms with Crippen LogP contribution < -0.4 is 0 Å². The summed E-state index contributed by atoms with van der Waals surface area (Å²) in [7, 11) is 5.25. The molecule has 1 amide bonds. The Morgan fingerprint density at radius 3 is 2.38 bits per heavy atom. The molecule has 0 fully saturated rings. The molecule has 0 spiro atoms. The van der Waals surface area contributed by atoms with Crippen molar-refractivity contribution < 1.29 is 18.0 Å². The molecule has 32 heavy (non-hydrogen) atoms. The average Bonchev–Trinajstić information content (AvgIpc) is 3.21. The number of rotatable bonds is 3. The summed E-state index contributed by atoms with van der Waals surface area (Å²) in [5.74, 6) is -2.51. The molecule has 10 heteroatoms. The van der Waals surface area contributed by atoms with E-state index in [2.05, 4.69) is 10.1 Å². The first-order valence-electron chi connectivity index (χ1n) is 10.1. The molecule has 0 atom stereocenters. The molecule has 5 nitrogen and oxygen atoms in total. The number of fused-ring (bicyclic) bond motifs is 2. The number of carbonyl (C=O) groups is 1.